The van der Waals surface area contributed by atoms with Gasteiger partial charge < -0.3 is 10.1 Å². The molecule has 1 N–H and O–H groups in total. The molecule has 0 aromatic heterocycles. The largest absolute Gasteiger partial charge is 0.375 e. The lowest BCUT2D eigenvalue weighted by Crippen LogP contribution is -2.48. The zero-order valence-corrected chi connectivity index (χ0v) is 14.0. The molecule has 1 fully saturated rings. The average Bonchev–Trinajstić information content (AvgIpc) is 2.50. The predicted molar refractivity (Wildman–Crippen MR) is 83.9 cm³/mol. The van der Waals surface area contributed by atoms with Crippen LogP contribution in [0.25, 0.3) is 0 Å². The second-order valence-corrected chi connectivity index (χ2v) is 6.38. The maximum atomic E-state index is 13.5. The first-order valence-corrected chi connectivity index (χ1v) is 8.19. The molecule has 1 amide bonds. The van der Waals surface area contributed by atoms with Crippen LogP contribution in [-0.4, -0.2) is 24.2 Å². The zero-order chi connectivity index (χ0) is 15.5. The highest BCUT2D eigenvalue weighted by molar-refractivity contribution is 9.10. The molecule has 1 aromatic carbocycles. The fourth-order valence-electron chi connectivity index (χ4n) is 2.80. The van der Waals surface area contributed by atoms with Gasteiger partial charge in [-0.15, -0.1) is 0 Å². The minimum absolute atomic E-state index is 0.0814. The van der Waals surface area contributed by atoms with Crippen molar-refractivity contribution in [2.75, 3.05) is 6.61 Å². The molecule has 1 aliphatic rings. The number of hydrogen-bond donors (Lipinski definition) is 1. The molecule has 1 saturated heterocycles. The molecule has 1 aliphatic heterocycles. The first-order valence-electron chi connectivity index (χ1n) is 7.39. The Bertz CT molecular complexity index is 517. The van der Waals surface area contributed by atoms with Crippen molar-refractivity contribution < 1.29 is 13.9 Å². The van der Waals surface area contributed by atoms with Crippen LogP contribution in [0.3, 0.4) is 0 Å². The van der Waals surface area contributed by atoms with Gasteiger partial charge in [0.15, 0.2) is 0 Å². The van der Waals surface area contributed by atoms with Crippen LogP contribution in [-0.2, 0) is 4.74 Å². The van der Waals surface area contributed by atoms with Crippen LogP contribution in [0.1, 0.15) is 49.9 Å². The summed E-state index contributed by atoms with van der Waals surface area (Å²) in [6.07, 6.45) is 3.48. The van der Waals surface area contributed by atoms with Gasteiger partial charge in [0.05, 0.1) is 10.1 Å². The van der Waals surface area contributed by atoms with Crippen LogP contribution in [0.4, 0.5) is 4.39 Å². The summed E-state index contributed by atoms with van der Waals surface area (Å²) in [5.74, 6) is -0.652. The smallest absolute Gasteiger partial charge is 0.251 e. The van der Waals surface area contributed by atoms with Crippen molar-refractivity contribution in [3.8, 4) is 0 Å². The van der Waals surface area contributed by atoms with E-state index in [1.165, 1.54) is 6.07 Å². The molecule has 1 aromatic rings. The maximum absolute atomic E-state index is 13.5. The molecule has 2 rings (SSSR count). The maximum Gasteiger partial charge on any atom is 0.251 e. The van der Waals surface area contributed by atoms with Gasteiger partial charge in [0.1, 0.15) is 5.82 Å². The Kier molecular flexibility index (Phi) is 5.38. The Balaban J connectivity index is 2.03. The Morgan fingerprint density at radius 2 is 2.19 bits per heavy atom. The molecule has 0 aliphatic carbocycles. The molecule has 1 heterocycles. The zero-order valence-electron chi connectivity index (χ0n) is 12.4. The van der Waals surface area contributed by atoms with Crippen LogP contribution >= 0.6 is 15.9 Å². The highest BCUT2D eigenvalue weighted by Gasteiger charge is 2.35. The molecule has 1 unspecified atom stereocenters. The van der Waals surface area contributed by atoms with E-state index in [1.54, 1.807) is 12.1 Å². The summed E-state index contributed by atoms with van der Waals surface area (Å²) in [6.45, 7) is 4.87. The van der Waals surface area contributed by atoms with E-state index in [4.69, 9.17) is 4.74 Å². The average molecular weight is 358 g/mol. The minimum atomic E-state index is -0.425. The molecule has 3 nitrogen and oxygen atoms in total. The van der Waals surface area contributed by atoms with E-state index in [-0.39, 0.29) is 17.6 Å². The standard InChI is InChI=1S/C16H21BrFNO2/c1-3-16(4-2)10-12(7-8-21-16)19-15(20)11-5-6-13(17)14(18)9-11/h5-6,9,12H,3-4,7-8,10H2,1-2H3,(H,19,20). The number of benzene rings is 1. The van der Waals surface area contributed by atoms with Gasteiger partial charge >= 0.3 is 0 Å². The quantitative estimate of drug-likeness (QED) is 0.882. The third-order valence-electron chi connectivity index (χ3n) is 4.30. The number of rotatable bonds is 4. The molecule has 0 saturated carbocycles. The molecular weight excluding hydrogens is 337 g/mol. The van der Waals surface area contributed by atoms with Gasteiger partial charge in [-0.3, -0.25) is 4.79 Å². The summed E-state index contributed by atoms with van der Waals surface area (Å²) in [5, 5.41) is 3.00. The second-order valence-electron chi connectivity index (χ2n) is 5.53. The summed E-state index contributed by atoms with van der Waals surface area (Å²) in [6, 6.07) is 4.51. The Hall–Kier alpha value is -0.940. The fraction of sp³-hybridized carbons (Fsp3) is 0.562. The number of carbonyl (C=O) groups is 1. The van der Waals surface area contributed by atoms with Crippen LogP contribution < -0.4 is 5.32 Å². The molecular formula is C16H21BrFNO2. The van der Waals surface area contributed by atoms with Gasteiger partial charge in [-0.25, -0.2) is 4.39 Å². The van der Waals surface area contributed by atoms with E-state index in [2.05, 4.69) is 35.1 Å². The second kappa shape index (κ2) is 6.88. The van der Waals surface area contributed by atoms with Crippen molar-refractivity contribution in [2.24, 2.45) is 0 Å². The fourth-order valence-corrected chi connectivity index (χ4v) is 3.05. The first kappa shape index (κ1) is 16.4. The molecule has 0 bridgehead atoms. The van der Waals surface area contributed by atoms with Gasteiger partial charge in [-0.05, 0) is 59.8 Å². The number of amides is 1. The molecule has 0 spiro atoms. The molecule has 5 heteroatoms. The van der Waals surface area contributed by atoms with E-state index >= 15 is 0 Å². The summed E-state index contributed by atoms with van der Waals surface area (Å²) >= 11 is 3.09. The third kappa shape index (κ3) is 3.83. The SMILES string of the molecule is CCC1(CC)CC(NC(=O)c2ccc(Br)c(F)c2)CCO1. The summed E-state index contributed by atoms with van der Waals surface area (Å²) in [5.41, 5.74) is 0.210. The molecule has 116 valence electrons. The van der Waals surface area contributed by atoms with E-state index < -0.39 is 5.82 Å². The van der Waals surface area contributed by atoms with Crippen molar-refractivity contribution in [1.82, 2.24) is 5.32 Å². The van der Waals surface area contributed by atoms with Crippen molar-refractivity contribution >= 4 is 21.8 Å². The van der Waals surface area contributed by atoms with Crippen LogP contribution in [0.2, 0.25) is 0 Å². The van der Waals surface area contributed by atoms with Crippen LogP contribution in [0.15, 0.2) is 22.7 Å². The van der Waals surface area contributed by atoms with Gasteiger partial charge in [-0.1, -0.05) is 13.8 Å². The lowest BCUT2D eigenvalue weighted by Gasteiger charge is -2.40. The number of carbonyl (C=O) groups excluding carboxylic acids is 1. The van der Waals surface area contributed by atoms with Crippen molar-refractivity contribution in [1.29, 1.82) is 0 Å². The monoisotopic (exact) mass is 357 g/mol. The lowest BCUT2D eigenvalue weighted by atomic mass is 9.86. The molecule has 21 heavy (non-hydrogen) atoms. The highest BCUT2D eigenvalue weighted by atomic mass is 79.9. The van der Waals surface area contributed by atoms with Crippen molar-refractivity contribution in [3.63, 3.8) is 0 Å². The number of ether oxygens (including phenoxy) is 1. The summed E-state index contributed by atoms with van der Waals surface area (Å²) in [7, 11) is 0. The predicted octanol–water partition coefficient (Wildman–Crippen LogP) is 4.06. The minimum Gasteiger partial charge on any atom is -0.375 e. The van der Waals surface area contributed by atoms with Crippen molar-refractivity contribution in [2.45, 2.75) is 51.2 Å². The molecule has 0 radical (unpaired) electrons. The van der Waals surface area contributed by atoms with Gasteiger partial charge in [0.25, 0.3) is 5.91 Å². The van der Waals surface area contributed by atoms with Gasteiger partial charge in [0.2, 0.25) is 0 Å². The Morgan fingerprint density at radius 1 is 1.48 bits per heavy atom. The lowest BCUT2D eigenvalue weighted by molar-refractivity contribution is -0.0917. The number of nitrogens with one attached hydrogen (secondary N) is 1. The van der Waals surface area contributed by atoms with E-state index in [9.17, 15) is 9.18 Å². The van der Waals surface area contributed by atoms with Crippen LogP contribution in [0.5, 0.6) is 0 Å². The van der Waals surface area contributed by atoms with E-state index in [0.717, 1.165) is 25.7 Å². The number of halogens is 2. The summed E-state index contributed by atoms with van der Waals surface area (Å²) in [4.78, 5) is 12.2. The normalized spacial score (nSPS) is 21.0. The summed E-state index contributed by atoms with van der Waals surface area (Å²) < 4.78 is 19.8. The molecule has 1 atom stereocenters. The van der Waals surface area contributed by atoms with Crippen molar-refractivity contribution in [3.05, 3.63) is 34.1 Å². The Labute approximate surface area is 133 Å². The first-order chi connectivity index (χ1) is 9.99. The van der Waals surface area contributed by atoms with Gasteiger partial charge in [0, 0.05) is 18.2 Å². The topological polar surface area (TPSA) is 38.3 Å². The van der Waals surface area contributed by atoms with Gasteiger partial charge in [-0.2, -0.15) is 0 Å². The van der Waals surface area contributed by atoms with E-state index in [0.29, 0.717) is 16.6 Å². The van der Waals surface area contributed by atoms with E-state index in [1.807, 2.05) is 0 Å². The Morgan fingerprint density at radius 3 is 2.81 bits per heavy atom. The highest BCUT2D eigenvalue weighted by Crippen LogP contribution is 2.31. The van der Waals surface area contributed by atoms with Crippen LogP contribution in [0, 0.1) is 5.82 Å². The third-order valence-corrected chi connectivity index (χ3v) is 4.94. The number of hydrogen-bond acceptors (Lipinski definition) is 2.